The lowest BCUT2D eigenvalue weighted by Crippen LogP contribution is -2.41. The Morgan fingerprint density at radius 2 is 1.26 bits per heavy atom. The summed E-state index contributed by atoms with van der Waals surface area (Å²) in [4.78, 5) is 25.4. The first-order valence-corrected chi connectivity index (χ1v) is 15.9. The molecule has 1 saturated carbocycles. The summed E-state index contributed by atoms with van der Waals surface area (Å²) < 4.78 is 11.3. The number of hydrogen-bond donors (Lipinski definition) is 0. The third-order valence-electron chi connectivity index (χ3n) is 9.68. The molecule has 43 heavy (non-hydrogen) atoms. The molecule has 0 N–H and O–H groups in total. The van der Waals surface area contributed by atoms with Crippen molar-refractivity contribution >= 4 is 11.9 Å². The van der Waals surface area contributed by atoms with Crippen LogP contribution in [0.4, 0.5) is 0 Å². The van der Waals surface area contributed by atoms with Crippen LogP contribution < -0.4 is 4.74 Å². The van der Waals surface area contributed by atoms with E-state index in [9.17, 15) is 9.59 Å². The highest BCUT2D eigenvalue weighted by atomic mass is 16.6. The Hall–Kier alpha value is -3.40. The Bertz CT molecular complexity index is 1410. The highest BCUT2D eigenvalue weighted by Crippen LogP contribution is 2.53. The van der Waals surface area contributed by atoms with E-state index in [-0.39, 0.29) is 16.2 Å². The highest BCUT2D eigenvalue weighted by Gasteiger charge is 2.45. The van der Waals surface area contributed by atoms with Crippen molar-refractivity contribution in [3.05, 3.63) is 101 Å². The molecule has 4 nitrogen and oxygen atoms in total. The van der Waals surface area contributed by atoms with E-state index in [1.807, 2.05) is 32.9 Å². The predicted molar refractivity (Wildman–Crippen MR) is 175 cm³/mol. The van der Waals surface area contributed by atoms with Gasteiger partial charge in [0.05, 0.1) is 11.1 Å². The third-order valence-corrected chi connectivity index (χ3v) is 9.68. The van der Waals surface area contributed by atoms with E-state index >= 15 is 0 Å². The zero-order valence-corrected chi connectivity index (χ0v) is 27.7. The van der Waals surface area contributed by atoms with Crippen molar-refractivity contribution in [2.24, 2.45) is 11.3 Å². The van der Waals surface area contributed by atoms with Gasteiger partial charge in [-0.05, 0) is 116 Å². The summed E-state index contributed by atoms with van der Waals surface area (Å²) in [6.45, 7) is 19.7. The maximum Gasteiger partial charge on any atom is 0.343 e. The lowest BCUT2D eigenvalue weighted by Gasteiger charge is -2.49. The number of esters is 2. The molecule has 2 atom stereocenters. The van der Waals surface area contributed by atoms with Gasteiger partial charge < -0.3 is 9.47 Å². The van der Waals surface area contributed by atoms with Crippen molar-refractivity contribution in [3.8, 4) is 5.75 Å². The Morgan fingerprint density at radius 3 is 1.74 bits per heavy atom. The summed E-state index contributed by atoms with van der Waals surface area (Å²) in [5.41, 5.74) is 4.46. The van der Waals surface area contributed by atoms with Crippen molar-refractivity contribution in [3.63, 3.8) is 0 Å². The first-order valence-electron chi connectivity index (χ1n) is 15.9. The molecule has 0 radical (unpaired) electrons. The van der Waals surface area contributed by atoms with Crippen molar-refractivity contribution in [1.82, 2.24) is 0 Å². The van der Waals surface area contributed by atoms with E-state index in [0.717, 1.165) is 19.3 Å². The fraction of sp³-hybridized carbons (Fsp3) is 0.487. The fourth-order valence-corrected chi connectivity index (χ4v) is 6.76. The zero-order valence-electron chi connectivity index (χ0n) is 27.7. The minimum Gasteiger partial charge on any atom is -0.456 e. The number of hydrogen-bond acceptors (Lipinski definition) is 4. The van der Waals surface area contributed by atoms with Gasteiger partial charge in [0, 0.05) is 5.41 Å². The van der Waals surface area contributed by atoms with Gasteiger partial charge in [-0.15, -0.1) is 0 Å². The lowest BCUT2D eigenvalue weighted by molar-refractivity contribution is -0.00246. The smallest absolute Gasteiger partial charge is 0.343 e. The van der Waals surface area contributed by atoms with Gasteiger partial charge in [0.2, 0.25) is 0 Å². The van der Waals surface area contributed by atoms with E-state index in [0.29, 0.717) is 29.2 Å². The molecule has 3 aromatic rings. The average Bonchev–Trinajstić information content (AvgIpc) is 2.96. The van der Waals surface area contributed by atoms with Crippen LogP contribution >= 0.6 is 0 Å². The largest absolute Gasteiger partial charge is 0.456 e. The number of ether oxygens (including phenoxy) is 2. The molecule has 4 heteroatoms. The summed E-state index contributed by atoms with van der Waals surface area (Å²) in [6, 6.07) is 23.8. The molecule has 1 fully saturated rings. The Kier molecular flexibility index (Phi) is 9.30. The number of benzene rings is 3. The minimum absolute atomic E-state index is 0.116. The maximum absolute atomic E-state index is 13.0. The van der Waals surface area contributed by atoms with Crippen molar-refractivity contribution in [2.75, 3.05) is 0 Å². The molecular weight excluding hydrogens is 532 g/mol. The van der Waals surface area contributed by atoms with Gasteiger partial charge in [0.15, 0.2) is 0 Å². The Labute approximate surface area is 259 Å². The van der Waals surface area contributed by atoms with Crippen LogP contribution in [0.15, 0.2) is 72.8 Å². The van der Waals surface area contributed by atoms with E-state index < -0.39 is 17.5 Å². The molecule has 0 aromatic heterocycles. The number of carbonyl (C=O) groups is 2. The summed E-state index contributed by atoms with van der Waals surface area (Å²) in [5.74, 6) is 0.222. The first-order chi connectivity index (χ1) is 20.1. The number of rotatable bonds is 9. The lowest BCUT2D eigenvalue weighted by atomic mass is 9.55. The average molecular weight is 583 g/mol. The summed E-state index contributed by atoms with van der Waals surface area (Å²) in [5, 5.41) is 0. The van der Waals surface area contributed by atoms with Gasteiger partial charge in [-0.1, -0.05) is 84.9 Å². The number of carbonyl (C=O) groups excluding carboxylic acids is 2. The molecule has 2 unspecified atom stereocenters. The molecule has 4 rings (SSSR count). The molecular formula is C39H50O4. The zero-order chi connectivity index (χ0) is 31.6. The van der Waals surface area contributed by atoms with Crippen molar-refractivity contribution < 1.29 is 19.1 Å². The predicted octanol–water partition coefficient (Wildman–Crippen LogP) is 10.1. The first kappa shape index (κ1) is 32.5. The third kappa shape index (κ3) is 7.40. The van der Waals surface area contributed by atoms with Crippen LogP contribution in [0.1, 0.15) is 132 Å². The van der Waals surface area contributed by atoms with Crippen LogP contribution in [0.25, 0.3) is 0 Å². The van der Waals surface area contributed by atoms with Crippen molar-refractivity contribution in [2.45, 2.75) is 111 Å². The highest BCUT2D eigenvalue weighted by molar-refractivity contribution is 5.94. The van der Waals surface area contributed by atoms with Gasteiger partial charge >= 0.3 is 11.9 Å². The van der Waals surface area contributed by atoms with Crippen LogP contribution in [0, 0.1) is 11.3 Å². The topological polar surface area (TPSA) is 52.6 Å². The van der Waals surface area contributed by atoms with Gasteiger partial charge in [0.25, 0.3) is 0 Å². The summed E-state index contributed by atoms with van der Waals surface area (Å²) in [6.07, 6.45) is 5.15. The van der Waals surface area contributed by atoms with Crippen LogP contribution in [0.3, 0.4) is 0 Å². The fourth-order valence-electron chi connectivity index (χ4n) is 6.76. The van der Waals surface area contributed by atoms with Gasteiger partial charge in [-0.3, -0.25) is 0 Å². The molecule has 1 aliphatic carbocycles. The van der Waals surface area contributed by atoms with Crippen LogP contribution in [-0.2, 0) is 15.6 Å². The van der Waals surface area contributed by atoms with E-state index in [1.165, 1.54) is 23.1 Å². The maximum atomic E-state index is 13.0. The van der Waals surface area contributed by atoms with E-state index in [4.69, 9.17) is 9.47 Å². The van der Waals surface area contributed by atoms with E-state index in [2.05, 4.69) is 77.9 Å². The second kappa shape index (κ2) is 12.3. The van der Waals surface area contributed by atoms with Crippen molar-refractivity contribution in [1.29, 1.82) is 0 Å². The Balaban J connectivity index is 1.56. The normalized spacial score (nSPS) is 20.3. The van der Waals surface area contributed by atoms with Gasteiger partial charge in [-0.25, -0.2) is 9.59 Å². The van der Waals surface area contributed by atoms with Crippen LogP contribution in [0.2, 0.25) is 0 Å². The van der Waals surface area contributed by atoms with Gasteiger partial charge in [-0.2, -0.15) is 0 Å². The summed E-state index contributed by atoms with van der Waals surface area (Å²) in [7, 11) is 0. The molecule has 0 amide bonds. The van der Waals surface area contributed by atoms with Gasteiger partial charge in [0.1, 0.15) is 11.4 Å². The molecule has 0 spiro atoms. The van der Waals surface area contributed by atoms with Crippen LogP contribution in [0.5, 0.6) is 5.75 Å². The second-order valence-corrected chi connectivity index (χ2v) is 14.7. The Morgan fingerprint density at radius 1 is 0.744 bits per heavy atom. The minimum atomic E-state index is -0.541. The second-order valence-electron chi connectivity index (χ2n) is 14.7. The molecule has 1 aliphatic rings. The molecule has 230 valence electrons. The molecule has 0 bridgehead atoms. The molecule has 0 heterocycles. The standard InChI is InChI=1S/C39H50O4/c1-10-37(6,7)30-16-18-31(19-17-30)39(25-27(3)24-36(4,5)26-39)32-20-22-33(23-21-32)42-34(40)28-12-14-29(15-13-28)35(41)43-38(8,9)11-2/h12-23,27H,10-11,24-26H2,1-9H3. The molecule has 3 aromatic carbocycles. The quantitative estimate of drug-likeness (QED) is 0.186. The van der Waals surface area contributed by atoms with E-state index in [1.54, 1.807) is 24.3 Å². The van der Waals surface area contributed by atoms with Crippen LogP contribution in [-0.4, -0.2) is 17.5 Å². The summed E-state index contributed by atoms with van der Waals surface area (Å²) >= 11 is 0. The molecule has 0 saturated heterocycles. The SMILES string of the molecule is CCC(C)(C)OC(=O)c1ccc(C(=O)Oc2ccc(C3(c4ccc(C(C)(C)CC)cc4)CC(C)CC(C)(C)C3)cc2)cc1. The monoisotopic (exact) mass is 582 g/mol. The molecule has 0 aliphatic heterocycles.